The van der Waals surface area contributed by atoms with Gasteiger partial charge in [-0.1, -0.05) is 56.3 Å². The summed E-state index contributed by atoms with van der Waals surface area (Å²) in [4.78, 5) is 4.31. The molecule has 0 radical (unpaired) electrons. The Balaban J connectivity index is 1.93. The van der Waals surface area contributed by atoms with Gasteiger partial charge in [-0.05, 0) is 39.8 Å². The fourth-order valence-corrected chi connectivity index (χ4v) is 4.69. The lowest BCUT2D eigenvalue weighted by Gasteiger charge is -2.35. The predicted octanol–water partition coefficient (Wildman–Crippen LogP) is 6.44. The summed E-state index contributed by atoms with van der Waals surface area (Å²) in [6, 6.07) is 19.6. The summed E-state index contributed by atoms with van der Waals surface area (Å²) in [5.41, 5.74) is 7.18. The molecular weight excluding hydrogens is 318 g/mol. The van der Waals surface area contributed by atoms with E-state index in [1.54, 1.807) is 6.20 Å². The van der Waals surface area contributed by atoms with Gasteiger partial charge in [0.05, 0.1) is 0 Å². The number of hydrogen-bond acceptors (Lipinski definition) is 2. The fraction of sp³-hybridized carbons (Fsp3) is 0.125. The van der Waals surface area contributed by atoms with Gasteiger partial charge >= 0.3 is 0 Å². The zero-order valence-electron chi connectivity index (χ0n) is 14.7. The van der Waals surface area contributed by atoms with Crippen LogP contribution in [0.25, 0.3) is 43.8 Å². The summed E-state index contributed by atoms with van der Waals surface area (Å²) in [5, 5.41) is 4.72. The van der Waals surface area contributed by atoms with Crippen molar-refractivity contribution in [2.24, 2.45) is 0 Å². The highest BCUT2D eigenvalue weighted by molar-refractivity contribution is 6.20. The third kappa shape index (κ3) is 1.55. The van der Waals surface area contributed by atoms with Gasteiger partial charge in [-0.25, -0.2) is 0 Å². The number of pyridine rings is 1. The summed E-state index contributed by atoms with van der Waals surface area (Å²) in [6.45, 7) is 4.63. The minimum absolute atomic E-state index is 0.0374. The van der Waals surface area contributed by atoms with E-state index in [0.717, 1.165) is 21.9 Å². The number of nitrogens with zero attached hydrogens (tertiary/aromatic N) is 1. The zero-order chi connectivity index (χ0) is 17.5. The van der Waals surface area contributed by atoms with Crippen LogP contribution in [0.4, 0.5) is 0 Å². The van der Waals surface area contributed by atoms with Crippen molar-refractivity contribution < 1.29 is 4.42 Å². The fourth-order valence-electron chi connectivity index (χ4n) is 4.69. The Kier molecular flexibility index (Phi) is 2.45. The first-order valence-corrected chi connectivity index (χ1v) is 8.98. The van der Waals surface area contributed by atoms with Crippen molar-refractivity contribution in [2.75, 3.05) is 0 Å². The molecule has 0 aliphatic heterocycles. The summed E-state index contributed by atoms with van der Waals surface area (Å²) in [5.74, 6) is 0. The van der Waals surface area contributed by atoms with Crippen molar-refractivity contribution in [3.05, 3.63) is 78.1 Å². The smallest absolute Gasteiger partial charge is 0.143 e. The molecule has 0 bridgehead atoms. The van der Waals surface area contributed by atoms with E-state index >= 15 is 0 Å². The number of benzene rings is 3. The van der Waals surface area contributed by atoms with E-state index in [4.69, 9.17) is 4.42 Å². The van der Waals surface area contributed by atoms with E-state index in [2.05, 4.69) is 67.4 Å². The molecule has 2 nitrogen and oxygen atoms in total. The van der Waals surface area contributed by atoms with E-state index in [-0.39, 0.29) is 5.41 Å². The van der Waals surface area contributed by atoms with E-state index in [9.17, 15) is 0 Å². The van der Waals surface area contributed by atoms with Gasteiger partial charge in [0, 0.05) is 34.0 Å². The molecule has 1 aliphatic rings. The SMILES string of the molecule is CC1(C)c2ccccc2-c2cc3c4cnccc4oc3c3cccc1c23. The summed E-state index contributed by atoms with van der Waals surface area (Å²) in [7, 11) is 0. The molecule has 2 aromatic heterocycles. The first-order valence-electron chi connectivity index (χ1n) is 8.98. The average molecular weight is 335 g/mol. The number of aromatic nitrogens is 1. The van der Waals surface area contributed by atoms with Gasteiger partial charge in [-0.15, -0.1) is 0 Å². The Bertz CT molecular complexity index is 1360. The van der Waals surface area contributed by atoms with Crippen LogP contribution in [0.5, 0.6) is 0 Å². The quantitative estimate of drug-likeness (QED) is 0.325. The van der Waals surface area contributed by atoms with Gasteiger partial charge < -0.3 is 4.42 Å². The first-order chi connectivity index (χ1) is 12.7. The van der Waals surface area contributed by atoms with E-state index in [1.165, 1.54) is 33.0 Å². The highest BCUT2D eigenvalue weighted by Gasteiger charge is 2.34. The van der Waals surface area contributed by atoms with Gasteiger partial charge in [0.2, 0.25) is 0 Å². The molecule has 1 aliphatic carbocycles. The third-order valence-electron chi connectivity index (χ3n) is 5.96. The summed E-state index contributed by atoms with van der Waals surface area (Å²) < 4.78 is 6.26. The molecular formula is C24H17NO. The average Bonchev–Trinajstić information content (AvgIpc) is 3.05. The van der Waals surface area contributed by atoms with Crippen molar-refractivity contribution in [1.29, 1.82) is 0 Å². The van der Waals surface area contributed by atoms with E-state index < -0.39 is 0 Å². The van der Waals surface area contributed by atoms with Crippen LogP contribution >= 0.6 is 0 Å². The molecule has 0 fully saturated rings. The lowest BCUT2D eigenvalue weighted by Crippen LogP contribution is -2.23. The van der Waals surface area contributed by atoms with Crippen LogP contribution < -0.4 is 0 Å². The Morgan fingerprint density at radius 2 is 1.65 bits per heavy atom. The molecule has 26 heavy (non-hydrogen) atoms. The molecule has 2 heterocycles. The minimum atomic E-state index is -0.0374. The molecule has 124 valence electrons. The summed E-state index contributed by atoms with van der Waals surface area (Å²) in [6.07, 6.45) is 3.69. The molecule has 0 saturated carbocycles. The van der Waals surface area contributed by atoms with Crippen LogP contribution in [-0.4, -0.2) is 4.98 Å². The van der Waals surface area contributed by atoms with E-state index in [0.29, 0.717) is 0 Å². The predicted molar refractivity (Wildman–Crippen MR) is 107 cm³/mol. The van der Waals surface area contributed by atoms with Crippen LogP contribution in [-0.2, 0) is 5.41 Å². The Hall–Kier alpha value is -3.13. The number of furan rings is 1. The first kappa shape index (κ1) is 14.1. The number of fused-ring (bicyclic) bond motifs is 6. The minimum Gasteiger partial charge on any atom is -0.455 e. The lowest BCUT2D eigenvalue weighted by atomic mass is 9.68. The monoisotopic (exact) mass is 335 g/mol. The van der Waals surface area contributed by atoms with Crippen molar-refractivity contribution in [2.45, 2.75) is 19.3 Å². The standard InChI is InChI=1S/C24H17NO/c1-24(2)19-8-4-3-6-14(19)16-12-17-18-13-25-11-10-21(18)26-23(17)15-7-5-9-20(24)22(15)16/h3-13H,1-2H3. The Morgan fingerprint density at radius 1 is 0.808 bits per heavy atom. The molecule has 6 rings (SSSR count). The van der Waals surface area contributed by atoms with Crippen LogP contribution in [0.2, 0.25) is 0 Å². The van der Waals surface area contributed by atoms with Gasteiger partial charge in [0.25, 0.3) is 0 Å². The van der Waals surface area contributed by atoms with Gasteiger partial charge in [-0.2, -0.15) is 0 Å². The van der Waals surface area contributed by atoms with Gasteiger partial charge in [0.1, 0.15) is 11.2 Å². The van der Waals surface area contributed by atoms with Crippen LogP contribution in [0.1, 0.15) is 25.0 Å². The molecule has 0 amide bonds. The number of hydrogen-bond donors (Lipinski definition) is 0. The molecule has 2 heteroatoms. The maximum Gasteiger partial charge on any atom is 0.143 e. The normalized spacial score (nSPS) is 14.8. The topological polar surface area (TPSA) is 26.0 Å². The van der Waals surface area contributed by atoms with Crippen molar-refractivity contribution in [3.63, 3.8) is 0 Å². The van der Waals surface area contributed by atoms with Crippen LogP contribution in [0, 0.1) is 0 Å². The molecule has 3 aromatic carbocycles. The molecule has 0 saturated heterocycles. The maximum absolute atomic E-state index is 6.26. The molecule has 0 unspecified atom stereocenters. The van der Waals surface area contributed by atoms with Crippen LogP contribution in [0.15, 0.2) is 71.4 Å². The van der Waals surface area contributed by atoms with Crippen molar-refractivity contribution in [1.82, 2.24) is 4.98 Å². The number of rotatable bonds is 0. The van der Waals surface area contributed by atoms with Gasteiger partial charge in [0.15, 0.2) is 0 Å². The second-order valence-electron chi connectivity index (χ2n) is 7.67. The largest absolute Gasteiger partial charge is 0.455 e. The van der Waals surface area contributed by atoms with Crippen molar-refractivity contribution in [3.8, 4) is 11.1 Å². The van der Waals surface area contributed by atoms with Gasteiger partial charge in [-0.3, -0.25) is 4.98 Å². The van der Waals surface area contributed by atoms with Crippen molar-refractivity contribution >= 4 is 32.7 Å². The zero-order valence-corrected chi connectivity index (χ0v) is 14.7. The second kappa shape index (κ2) is 4.53. The Morgan fingerprint density at radius 3 is 2.58 bits per heavy atom. The highest BCUT2D eigenvalue weighted by Crippen LogP contribution is 2.50. The third-order valence-corrected chi connectivity index (χ3v) is 5.96. The van der Waals surface area contributed by atoms with E-state index in [1.807, 2.05) is 12.3 Å². The lowest BCUT2D eigenvalue weighted by molar-refractivity contribution is 0.644. The van der Waals surface area contributed by atoms with Crippen LogP contribution in [0.3, 0.4) is 0 Å². The molecule has 5 aromatic rings. The molecule has 0 N–H and O–H groups in total. The second-order valence-corrected chi connectivity index (χ2v) is 7.67. The molecule has 0 spiro atoms. The summed E-state index contributed by atoms with van der Waals surface area (Å²) >= 11 is 0. The maximum atomic E-state index is 6.26. The molecule has 0 atom stereocenters. The Labute approximate surface area is 151 Å². The highest BCUT2D eigenvalue weighted by atomic mass is 16.3.